The first-order valence-electron chi connectivity index (χ1n) is 6.03. The third kappa shape index (κ3) is 1.12. The van der Waals surface area contributed by atoms with Gasteiger partial charge in [0.1, 0.15) is 0 Å². The summed E-state index contributed by atoms with van der Waals surface area (Å²) >= 11 is 0. The smallest absolute Gasteiger partial charge is 0.158 e. The lowest BCUT2D eigenvalue weighted by atomic mass is 9.52. The van der Waals surface area contributed by atoms with E-state index in [0.29, 0.717) is 17.1 Å². The summed E-state index contributed by atoms with van der Waals surface area (Å²) in [7, 11) is 0. The average molecular weight is 202 g/mol. The minimum atomic E-state index is 0.365. The molecule has 0 N–H and O–H groups in total. The summed E-state index contributed by atoms with van der Waals surface area (Å²) in [6.45, 7) is 6.26. The van der Waals surface area contributed by atoms with Crippen molar-refractivity contribution in [2.24, 2.45) is 11.3 Å². The number of Topliss-reactive ketones (excluding diaryl/α,β-unsaturated/α-hetero) is 1. The Morgan fingerprint density at radius 1 is 1.40 bits per heavy atom. The lowest BCUT2D eigenvalue weighted by Crippen LogP contribution is -2.41. The molecule has 1 heteroatoms. The van der Waals surface area contributed by atoms with Gasteiger partial charge in [0, 0.05) is 6.42 Å². The minimum absolute atomic E-state index is 0.365. The maximum absolute atomic E-state index is 11.7. The van der Waals surface area contributed by atoms with Gasteiger partial charge in [-0.25, -0.2) is 0 Å². The molecule has 1 nitrogen and oxygen atoms in total. The van der Waals surface area contributed by atoms with Gasteiger partial charge in [-0.2, -0.15) is 0 Å². The summed E-state index contributed by atoms with van der Waals surface area (Å²) in [6.07, 6.45) is 6.77. The van der Waals surface area contributed by atoms with Crippen molar-refractivity contribution in [3.63, 3.8) is 0 Å². The van der Waals surface area contributed by atoms with E-state index in [9.17, 15) is 4.79 Å². The molecular formula is C14H18O. The van der Waals surface area contributed by atoms with Crippen molar-refractivity contribution >= 4 is 5.78 Å². The molecule has 1 unspecified atom stereocenters. The predicted molar refractivity (Wildman–Crippen MR) is 60.5 cm³/mol. The van der Waals surface area contributed by atoms with E-state index in [1.165, 1.54) is 24.0 Å². The van der Waals surface area contributed by atoms with Crippen LogP contribution < -0.4 is 0 Å². The van der Waals surface area contributed by atoms with E-state index in [1.807, 2.05) is 6.92 Å². The van der Waals surface area contributed by atoms with Gasteiger partial charge in [0.25, 0.3) is 0 Å². The predicted octanol–water partition coefficient (Wildman–Crippen LogP) is 3.41. The molecule has 2 bridgehead atoms. The second kappa shape index (κ2) is 2.84. The summed E-state index contributed by atoms with van der Waals surface area (Å²) in [5.74, 6) is 1.08. The molecule has 4 rings (SSSR count). The van der Waals surface area contributed by atoms with E-state index < -0.39 is 0 Å². The average Bonchev–Trinajstić information content (AvgIpc) is 2.24. The third-order valence-corrected chi connectivity index (χ3v) is 4.91. The summed E-state index contributed by atoms with van der Waals surface area (Å²) in [6, 6.07) is 0. The van der Waals surface area contributed by atoms with Crippen molar-refractivity contribution < 1.29 is 4.79 Å². The molecule has 0 aromatic carbocycles. The SMILES string of the molecule is C=C1CC23CCC(=O)C(C)=C2C[C@H]1CC3. The van der Waals surface area contributed by atoms with E-state index in [1.54, 1.807) is 0 Å². The molecule has 0 aromatic rings. The molecule has 0 aromatic heterocycles. The molecule has 0 saturated heterocycles. The van der Waals surface area contributed by atoms with E-state index in [0.717, 1.165) is 31.3 Å². The van der Waals surface area contributed by atoms with Crippen molar-refractivity contribution in [3.8, 4) is 0 Å². The summed E-state index contributed by atoms with van der Waals surface area (Å²) < 4.78 is 0. The molecule has 0 aliphatic heterocycles. The highest BCUT2D eigenvalue weighted by atomic mass is 16.1. The maximum atomic E-state index is 11.7. The van der Waals surface area contributed by atoms with Crippen LogP contribution in [0.15, 0.2) is 23.3 Å². The van der Waals surface area contributed by atoms with E-state index in [2.05, 4.69) is 6.58 Å². The van der Waals surface area contributed by atoms with Gasteiger partial charge in [0.2, 0.25) is 0 Å². The second-order valence-corrected chi connectivity index (χ2v) is 5.58. The Kier molecular flexibility index (Phi) is 1.78. The first kappa shape index (κ1) is 9.38. The fourth-order valence-corrected chi connectivity index (χ4v) is 3.91. The molecule has 15 heavy (non-hydrogen) atoms. The number of fused-ring (bicyclic) bond motifs is 2. The summed E-state index contributed by atoms with van der Waals surface area (Å²) in [5, 5.41) is 0. The van der Waals surface area contributed by atoms with Crippen molar-refractivity contribution in [2.75, 3.05) is 0 Å². The number of carbonyl (C=O) groups excluding carboxylic acids is 1. The van der Waals surface area contributed by atoms with Gasteiger partial charge in [-0.1, -0.05) is 17.7 Å². The Balaban J connectivity index is 2.11. The molecular weight excluding hydrogens is 184 g/mol. The number of ketones is 1. The van der Waals surface area contributed by atoms with Crippen molar-refractivity contribution in [3.05, 3.63) is 23.3 Å². The van der Waals surface area contributed by atoms with Gasteiger partial charge in [-0.3, -0.25) is 4.79 Å². The molecule has 2 atom stereocenters. The normalized spacial score (nSPS) is 39.7. The van der Waals surface area contributed by atoms with Gasteiger partial charge in [-0.15, -0.1) is 0 Å². The van der Waals surface area contributed by atoms with E-state index >= 15 is 0 Å². The third-order valence-electron chi connectivity index (χ3n) is 4.91. The fraction of sp³-hybridized carbons (Fsp3) is 0.643. The molecule has 80 valence electrons. The molecule has 0 amide bonds. The quantitative estimate of drug-likeness (QED) is 0.550. The van der Waals surface area contributed by atoms with Crippen LogP contribution in [-0.2, 0) is 4.79 Å². The summed E-state index contributed by atoms with van der Waals surface area (Å²) in [4.78, 5) is 11.7. The van der Waals surface area contributed by atoms with Gasteiger partial charge >= 0.3 is 0 Å². The van der Waals surface area contributed by atoms with Crippen LogP contribution in [0.4, 0.5) is 0 Å². The zero-order valence-corrected chi connectivity index (χ0v) is 9.44. The zero-order valence-electron chi connectivity index (χ0n) is 9.44. The fourth-order valence-electron chi connectivity index (χ4n) is 3.91. The van der Waals surface area contributed by atoms with Crippen molar-refractivity contribution in [2.45, 2.75) is 45.4 Å². The number of allylic oxidation sites excluding steroid dienone is 3. The molecule has 1 spiro atoms. The topological polar surface area (TPSA) is 17.1 Å². The van der Waals surface area contributed by atoms with Crippen LogP contribution in [0.3, 0.4) is 0 Å². The molecule has 0 radical (unpaired) electrons. The molecule has 0 heterocycles. The maximum Gasteiger partial charge on any atom is 0.158 e. The van der Waals surface area contributed by atoms with Crippen molar-refractivity contribution in [1.82, 2.24) is 0 Å². The number of hydrogen-bond acceptors (Lipinski definition) is 1. The largest absolute Gasteiger partial charge is 0.295 e. The van der Waals surface area contributed by atoms with Crippen molar-refractivity contribution in [1.29, 1.82) is 0 Å². The van der Waals surface area contributed by atoms with Crippen LogP contribution in [0.5, 0.6) is 0 Å². The Hall–Kier alpha value is -0.850. The number of rotatable bonds is 0. The Labute approximate surface area is 91.2 Å². The van der Waals surface area contributed by atoms with Gasteiger partial charge in [0.15, 0.2) is 5.78 Å². The van der Waals surface area contributed by atoms with E-state index in [-0.39, 0.29) is 0 Å². The minimum Gasteiger partial charge on any atom is -0.295 e. The van der Waals surface area contributed by atoms with Gasteiger partial charge in [-0.05, 0) is 55.9 Å². The zero-order chi connectivity index (χ0) is 10.6. The van der Waals surface area contributed by atoms with Gasteiger partial charge < -0.3 is 0 Å². The highest BCUT2D eigenvalue weighted by Crippen LogP contribution is 2.60. The Morgan fingerprint density at radius 2 is 2.20 bits per heavy atom. The van der Waals surface area contributed by atoms with Crippen LogP contribution in [-0.4, -0.2) is 5.78 Å². The van der Waals surface area contributed by atoms with Crippen LogP contribution in [0.2, 0.25) is 0 Å². The molecule has 3 fully saturated rings. The monoisotopic (exact) mass is 202 g/mol. The lowest BCUT2D eigenvalue weighted by Gasteiger charge is -2.52. The summed E-state index contributed by atoms with van der Waals surface area (Å²) in [5.41, 5.74) is 4.41. The standard InChI is InChI=1S/C14H18O/c1-9-8-14-5-3-11(9)7-12(14)10(2)13(15)4-6-14/h11H,1,3-8H2,2H3/t11-,14?/m1/s1. The Bertz CT molecular complexity index is 388. The molecule has 4 aliphatic carbocycles. The van der Waals surface area contributed by atoms with Crippen LogP contribution in [0.1, 0.15) is 45.4 Å². The second-order valence-electron chi connectivity index (χ2n) is 5.58. The molecule has 3 saturated carbocycles. The van der Waals surface area contributed by atoms with E-state index in [4.69, 9.17) is 0 Å². The highest BCUT2D eigenvalue weighted by Gasteiger charge is 2.48. The Morgan fingerprint density at radius 3 is 2.93 bits per heavy atom. The first-order chi connectivity index (χ1) is 7.12. The van der Waals surface area contributed by atoms with Crippen LogP contribution in [0, 0.1) is 11.3 Å². The van der Waals surface area contributed by atoms with Crippen LogP contribution >= 0.6 is 0 Å². The number of carbonyl (C=O) groups is 1. The van der Waals surface area contributed by atoms with Crippen LogP contribution in [0.25, 0.3) is 0 Å². The lowest BCUT2D eigenvalue weighted by molar-refractivity contribution is -0.117. The first-order valence-corrected chi connectivity index (χ1v) is 6.03. The highest BCUT2D eigenvalue weighted by molar-refractivity contribution is 5.97. The number of hydrogen-bond donors (Lipinski definition) is 0. The van der Waals surface area contributed by atoms with Gasteiger partial charge in [0.05, 0.1) is 0 Å². The molecule has 4 aliphatic rings.